The number of carbonyl (C=O) groups is 1. The molecule has 0 aromatic heterocycles. The number of para-hydroxylation sites is 1. The Labute approximate surface area is 94.1 Å². The first kappa shape index (κ1) is 10.9. The summed E-state index contributed by atoms with van der Waals surface area (Å²) in [4.78, 5) is 18.0. The van der Waals surface area contributed by atoms with E-state index in [-0.39, 0.29) is 5.91 Å². The van der Waals surface area contributed by atoms with Crippen LogP contribution in [0.25, 0.3) is 0 Å². The summed E-state index contributed by atoms with van der Waals surface area (Å²) in [7, 11) is 0. The number of nitrogens with zero attached hydrogens (tertiary/aromatic N) is 1. The van der Waals surface area contributed by atoms with E-state index in [0.717, 1.165) is 17.8 Å². The van der Waals surface area contributed by atoms with Crippen LogP contribution in [0.1, 0.15) is 5.56 Å². The molecule has 0 saturated carbocycles. The maximum atomic E-state index is 11.3. The highest BCUT2D eigenvalue weighted by Gasteiger charge is 2.18. The van der Waals surface area contributed by atoms with Crippen molar-refractivity contribution in [2.75, 3.05) is 24.5 Å². The average Bonchev–Trinajstić information content (AvgIpc) is 2.30. The standard InChI is InChI=1S/C11H15N3O2/c12-16-8-9-3-1-2-4-10(9)14-6-5-13-11(15)7-14/h1-4H,5-8,12H2,(H,13,15). The molecule has 1 aromatic rings. The van der Waals surface area contributed by atoms with Crippen LogP contribution in [-0.4, -0.2) is 25.5 Å². The van der Waals surface area contributed by atoms with E-state index in [0.29, 0.717) is 19.7 Å². The number of amides is 1. The molecule has 1 saturated heterocycles. The van der Waals surface area contributed by atoms with Gasteiger partial charge in [-0.2, -0.15) is 0 Å². The molecule has 1 aromatic carbocycles. The second-order valence-corrected chi connectivity index (χ2v) is 3.71. The van der Waals surface area contributed by atoms with E-state index in [1.165, 1.54) is 0 Å². The zero-order valence-electron chi connectivity index (χ0n) is 8.98. The number of hydrogen-bond acceptors (Lipinski definition) is 4. The lowest BCUT2D eigenvalue weighted by Gasteiger charge is -2.30. The molecule has 0 bridgehead atoms. The van der Waals surface area contributed by atoms with E-state index in [1.807, 2.05) is 29.2 Å². The van der Waals surface area contributed by atoms with Crippen molar-refractivity contribution in [2.45, 2.75) is 6.61 Å². The van der Waals surface area contributed by atoms with Gasteiger partial charge in [0.15, 0.2) is 0 Å². The van der Waals surface area contributed by atoms with E-state index < -0.39 is 0 Å². The summed E-state index contributed by atoms with van der Waals surface area (Å²) in [6.07, 6.45) is 0. The first-order valence-corrected chi connectivity index (χ1v) is 5.22. The third-order valence-electron chi connectivity index (χ3n) is 2.61. The summed E-state index contributed by atoms with van der Waals surface area (Å²) >= 11 is 0. The van der Waals surface area contributed by atoms with Crippen LogP contribution in [0.2, 0.25) is 0 Å². The molecule has 1 aliphatic heterocycles. The molecule has 1 fully saturated rings. The summed E-state index contributed by atoms with van der Waals surface area (Å²) in [5.41, 5.74) is 2.02. The van der Waals surface area contributed by atoms with Crippen LogP contribution in [0.4, 0.5) is 5.69 Å². The van der Waals surface area contributed by atoms with Crippen molar-refractivity contribution in [3.8, 4) is 0 Å². The number of nitrogens with two attached hydrogens (primary N) is 1. The minimum atomic E-state index is 0.0507. The summed E-state index contributed by atoms with van der Waals surface area (Å²) in [5.74, 6) is 5.14. The van der Waals surface area contributed by atoms with E-state index in [4.69, 9.17) is 5.90 Å². The monoisotopic (exact) mass is 221 g/mol. The van der Waals surface area contributed by atoms with E-state index in [2.05, 4.69) is 10.2 Å². The molecule has 2 rings (SSSR count). The molecule has 1 heterocycles. The van der Waals surface area contributed by atoms with Gasteiger partial charge < -0.3 is 10.2 Å². The van der Waals surface area contributed by atoms with Gasteiger partial charge in [0, 0.05) is 24.3 Å². The highest BCUT2D eigenvalue weighted by molar-refractivity contribution is 5.82. The number of hydrogen-bond donors (Lipinski definition) is 2. The molecular formula is C11H15N3O2. The van der Waals surface area contributed by atoms with Crippen LogP contribution in [0.3, 0.4) is 0 Å². The molecule has 5 nitrogen and oxygen atoms in total. The topological polar surface area (TPSA) is 67.6 Å². The Morgan fingerprint density at radius 2 is 2.25 bits per heavy atom. The number of benzene rings is 1. The van der Waals surface area contributed by atoms with Crippen molar-refractivity contribution < 1.29 is 9.63 Å². The molecule has 5 heteroatoms. The Morgan fingerprint density at radius 3 is 3.00 bits per heavy atom. The highest BCUT2D eigenvalue weighted by atomic mass is 16.6. The van der Waals surface area contributed by atoms with Gasteiger partial charge in [0.2, 0.25) is 5.91 Å². The van der Waals surface area contributed by atoms with Crippen LogP contribution < -0.4 is 16.1 Å². The summed E-state index contributed by atoms with van der Waals surface area (Å²) < 4.78 is 0. The molecule has 0 unspecified atom stereocenters. The van der Waals surface area contributed by atoms with Crippen LogP contribution in [0.5, 0.6) is 0 Å². The maximum Gasteiger partial charge on any atom is 0.239 e. The first-order chi connectivity index (χ1) is 7.81. The largest absolute Gasteiger partial charge is 0.360 e. The molecule has 1 aliphatic rings. The van der Waals surface area contributed by atoms with Gasteiger partial charge in [-0.05, 0) is 6.07 Å². The van der Waals surface area contributed by atoms with Gasteiger partial charge in [0.05, 0.1) is 13.2 Å². The Hall–Kier alpha value is -1.59. The fraction of sp³-hybridized carbons (Fsp3) is 0.364. The molecule has 16 heavy (non-hydrogen) atoms. The fourth-order valence-electron chi connectivity index (χ4n) is 1.88. The van der Waals surface area contributed by atoms with Gasteiger partial charge >= 0.3 is 0 Å². The SMILES string of the molecule is NOCc1ccccc1N1CCNC(=O)C1. The molecule has 0 atom stereocenters. The van der Waals surface area contributed by atoms with Crippen molar-refractivity contribution >= 4 is 11.6 Å². The second-order valence-electron chi connectivity index (χ2n) is 3.71. The lowest BCUT2D eigenvalue weighted by atomic mass is 10.1. The number of rotatable bonds is 3. The third kappa shape index (κ3) is 2.32. The summed E-state index contributed by atoms with van der Waals surface area (Å²) in [6, 6.07) is 7.81. The second kappa shape index (κ2) is 4.96. The van der Waals surface area contributed by atoms with Crippen molar-refractivity contribution in [3.63, 3.8) is 0 Å². The predicted octanol–water partition coefficient (Wildman–Crippen LogP) is 0.0131. The number of nitrogens with one attached hydrogen (secondary N) is 1. The van der Waals surface area contributed by atoms with Crippen LogP contribution in [0, 0.1) is 0 Å². The number of piperazine rings is 1. The quantitative estimate of drug-likeness (QED) is 0.706. The van der Waals surface area contributed by atoms with E-state index >= 15 is 0 Å². The van der Waals surface area contributed by atoms with Crippen molar-refractivity contribution in [2.24, 2.45) is 5.90 Å². The van der Waals surface area contributed by atoms with Crippen molar-refractivity contribution in [1.82, 2.24) is 5.32 Å². The summed E-state index contributed by atoms with van der Waals surface area (Å²) in [6.45, 7) is 2.24. The minimum Gasteiger partial charge on any atom is -0.360 e. The van der Waals surface area contributed by atoms with Gasteiger partial charge in [0.1, 0.15) is 0 Å². The van der Waals surface area contributed by atoms with Crippen LogP contribution in [0.15, 0.2) is 24.3 Å². The molecule has 0 aliphatic carbocycles. The van der Waals surface area contributed by atoms with Crippen molar-refractivity contribution in [3.05, 3.63) is 29.8 Å². The molecular weight excluding hydrogens is 206 g/mol. The van der Waals surface area contributed by atoms with Gasteiger partial charge in [-0.25, -0.2) is 5.90 Å². The van der Waals surface area contributed by atoms with E-state index in [1.54, 1.807) is 0 Å². The smallest absolute Gasteiger partial charge is 0.239 e. The average molecular weight is 221 g/mol. The number of anilines is 1. The molecule has 1 amide bonds. The fourth-order valence-corrected chi connectivity index (χ4v) is 1.88. The van der Waals surface area contributed by atoms with Crippen molar-refractivity contribution in [1.29, 1.82) is 0 Å². The minimum absolute atomic E-state index is 0.0507. The first-order valence-electron chi connectivity index (χ1n) is 5.22. The highest BCUT2D eigenvalue weighted by Crippen LogP contribution is 2.21. The lowest BCUT2D eigenvalue weighted by Crippen LogP contribution is -2.48. The van der Waals surface area contributed by atoms with Gasteiger partial charge in [-0.15, -0.1) is 0 Å². The Balaban J connectivity index is 2.21. The summed E-state index contributed by atoms with van der Waals surface area (Å²) in [5, 5.41) is 2.80. The van der Waals surface area contributed by atoms with Gasteiger partial charge in [0.25, 0.3) is 0 Å². The van der Waals surface area contributed by atoms with Gasteiger partial charge in [-0.3, -0.25) is 9.63 Å². The Kier molecular flexibility index (Phi) is 3.38. The third-order valence-corrected chi connectivity index (χ3v) is 2.61. The van der Waals surface area contributed by atoms with Crippen LogP contribution in [-0.2, 0) is 16.2 Å². The lowest BCUT2D eigenvalue weighted by molar-refractivity contribution is -0.120. The molecule has 86 valence electrons. The Bertz CT molecular complexity index is 381. The molecule has 3 N–H and O–H groups in total. The molecule has 0 spiro atoms. The Morgan fingerprint density at radius 1 is 1.44 bits per heavy atom. The van der Waals surface area contributed by atoms with E-state index in [9.17, 15) is 4.79 Å². The van der Waals surface area contributed by atoms with Crippen LogP contribution >= 0.6 is 0 Å². The number of carbonyl (C=O) groups excluding carboxylic acids is 1. The zero-order chi connectivity index (χ0) is 11.4. The molecule has 0 radical (unpaired) electrons. The predicted molar refractivity (Wildman–Crippen MR) is 60.6 cm³/mol. The maximum absolute atomic E-state index is 11.3. The normalized spacial score (nSPS) is 16.1. The zero-order valence-corrected chi connectivity index (χ0v) is 8.98. The van der Waals surface area contributed by atoms with Gasteiger partial charge in [-0.1, -0.05) is 18.2 Å².